The minimum absolute atomic E-state index is 0.137. The van der Waals surface area contributed by atoms with Crippen LogP contribution in [0.5, 0.6) is 0 Å². The van der Waals surface area contributed by atoms with E-state index in [9.17, 15) is 23.7 Å². The van der Waals surface area contributed by atoms with E-state index in [1.165, 1.54) is 7.05 Å². The predicted molar refractivity (Wildman–Crippen MR) is 162 cm³/mol. The first-order chi connectivity index (χ1) is 19.6. The van der Waals surface area contributed by atoms with Crippen LogP contribution in [0.4, 0.5) is 0 Å². The molecule has 0 aromatic rings. The Hall–Kier alpha value is -2.23. The quantitative estimate of drug-likeness (QED) is 0.0394. The number of amides is 2. The van der Waals surface area contributed by atoms with Crippen LogP contribution in [0.1, 0.15) is 112 Å². The number of allylic oxidation sites excluding steroid dienone is 2. The standard InChI is InChI=1S/C30H55N2O9P/c1-29(2,3)27(35)38-23-40-42(37,41-24-39-28(36)30(4,5)6)22-20-18-16-14-12-10-8-9-11-13-15-17-19-21-32-26(34)25(33)31-7/h11,13H,8-10,12,14-24H2,1-7H3,(H,31,33)(H,32,34)/b13-11-. The molecule has 2 amide bonds. The number of ether oxygens (including phenoxy) is 2. The summed E-state index contributed by atoms with van der Waals surface area (Å²) in [5.41, 5.74) is -1.44. The number of carbonyl (C=O) groups excluding carboxylic acids is 4. The van der Waals surface area contributed by atoms with Crippen LogP contribution in [0.2, 0.25) is 0 Å². The molecule has 0 bridgehead atoms. The van der Waals surface area contributed by atoms with Gasteiger partial charge < -0.3 is 20.1 Å². The van der Waals surface area contributed by atoms with Gasteiger partial charge in [-0.1, -0.05) is 44.3 Å². The highest BCUT2D eigenvalue weighted by atomic mass is 31.2. The Morgan fingerprint density at radius 2 is 1.07 bits per heavy atom. The first kappa shape index (κ1) is 39.8. The van der Waals surface area contributed by atoms with Gasteiger partial charge in [-0.15, -0.1) is 0 Å². The zero-order valence-corrected chi connectivity index (χ0v) is 27.8. The van der Waals surface area contributed by atoms with Crippen molar-refractivity contribution in [2.24, 2.45) is 10.8 Å². The van der Waals surface area contributed by atoms with Gasteiger partial charge in [0, 0.05) is 13.6 Å². The normalized spacial score (nSPS) is 12.3. The number of hydrogen-bond acceptors (Lipinski definition) is 9. The number of esters is 2. The Labute approximate surface area is 252 Å². The number of likely N-dealkylation sites (N-methyl/N-ethyl adjacent to an activating group) is 1. The molecule has 0 heterocycles. The van der Waals surface area contributed by atoms with Crippen molar-refractivity contribution in [1.82, 2.24) is 10.6 Å². The highest BCUT2D eigenvalue weighted by molar-refractivity contribution is 7.53. The van der Waals surface area contributed by atoms with Crippen LogP contribution in [-0.4, -0.2) is 57.1 Å². The summed E-state index contributed by atoms with van der Waals surface area (Å²) in [4.78, 5) is 46.4. The second-order valence-corrected chi connectivity index (χ2v) is 14.4. The van der Waals surface area contributed by atoms with Crippen molar-refractivity contribution in [3.8, 4) is 0 Å². The van der Waals surface area contributed by atoms with E-state index in [1.54, 1.807) is 41.5 Å². The van der Waals surface area contributed by atoms with Crippen molar-refractivity contribution in [2.75, 3.05) is 33.3 Å². The van der Waals surface area contributed by atoms with E-state index in [-0.39, 0.29) is 6.16 Å². The van der Waals surface area contributed by atoms with E-state index in [2.05, 4.69) is 22.8 Å². The average molecular weight is 619 g/mol. The second kappa shape index (κ2) is 21.5. The Balaban J connectivity index is 4.14. The predicted octanol–water partition coefficient (Wildman–Crippen LogP) is 6.02. The first-order valence-corrected chi connectivity index (χ1v) is 16.7. The minimum atomic E-state index is -3.63. The third-order valence-corrected chi connectivity index (χ3v) is 7.95. The summed E-state index contributed by atoms with van der Waals surface area (Å²) in [6.45, 7) is 9.76. The molecular weight excluding hydrogens is 563 g/mol. The molecule has 0 aromatic carbocycles. The van der Waals surface area contributed by atoms with E-state index in [4.69, 9.17) is 18.5 Å². The van der Waals surface area contributed by atoms with Gasteiger partial charge in [-0.2, -0.15) is 0 Å². The molecule has 2 N–H and O–H groups in total. The molecular formula is C30H55N2O9P. The lowest BCUT2D eigenvalue weighted by atomic mass is 9.98. The summed E-state index contributed by atoms with van der Waals surface area (Å²) in [5.74, 6) is -2.18. The fourth-order valence-electron chi connectivity index (χ4n) is 3.39. The maximum absolute atomic E-state index is 13.2. The highest BCUT2D eigenvalue weighted by Gasteiger charge is 2.29. The van der Waals surface area contributed by atoms with Crippen LogP contribution in [0.25, 0.3) is 0 Å². The molecule has 12 heteroatoms. The second-order valence-electron chi connectivity index (χ2n) is 12.3. The van der Waals surface area contributed by atoms with Gasteiger partial charge in [0.15, 0.2) is 0 Å². The lowest BCUT2D eigenvalue weighted by molar-refractivity contribution is -0.162. The summed E-state index contributed by atoms with van der Waals surface area (Å²) in [5, 5.41) is 4.87. The molecule has 0 fully saturated rings. The van der Waals surface area contributed by atoms with E-state index in [0.717, 1.165) is 64.2 Å². The van der Waals surface area contributed by atoms with E-state index in [0.29, 0.717) is 13.0 Å². The SMILES string of the molecule is CNC(=O)C(=O)NCCCC/C=C\CCCCCCCCCP(=O)(OCOC(=O)C(C)(C)C)OCOC(=O)C(C)(C)C. The van der Waals surface area contributed by atoms with Crippen molar-refractivity contribution >= 4 is 31.3 Å². The zero-order valence-electron chi connectivity index (χ0n) is 26.9. The van der Waals surface area contributed by atoms with Crippen LogP contribution in [0.3, 0.4) is 0 Å². The molecule has 0 unspecified atom stereocenters. The first-order valence-electron chi connectivity index (χ1n) is 15.0. The van der Waals surface area contributed by atoms with Crippen LogP contribution >= 0.6 is 7.60 Å². The van der Waals surface area contributed by atoms with E-state index < -0.39 is 55.8 Å². The lowest BCUT2D eigenvalue weighted by Crippen LogP contribution is -2.38. The molecule has 244 valence electrons. The van der Waals surface area contributed by atoms with Gasteiger partial charge >= 0.3 is 31.3 Å². The number of hydrogen-bond donors (Lipinski definition) is 2. The van der Waals surface area contributed by atoms with Gasteiger partial charge in [-0.3, -0.25) is 32.8 Å². The largest absolute Gasteiger partial charge is 0.438 e. The topological polar surface area (TPSA) is 146 Å². The van der Waals surface area contributed by atoms with E-state index >= 15 is 0 Å². The van der Waals surface area contributed by atoms with Crippen LogP contribution in [-0.2, 0) is 42.3 Å². The number of rotatable bonds is 21. The highest BCUT2D eigenvalue weighted by Crippen LogP contribution is 2.49. The maximum Gasteiger partial charge on any atom is 0.336 e. The third kappa shape index (κ3) is 20.6. The fraction of sp³-hybridized carbons (Fsp3) is 0.800. The third-order valence-electron chi connectivity index (χ3n) is 6.09. The van der Waals surface area contributed by atoms with Gasteiger partial charge in [-0.05, 0) is 80.1 Å². The Morgan fingerprint density at radius 3 is 1.52 bits per heavy atom. The Bertz CT molecular complexity index is 856. The van der Waals surface area contributed by atoms with Crippen LogP contribution in [0.15, 0.2) is 12.2 Å². The molecule has 0 aliphatic carbocycles. The molecule has 0 radical (unpaired) electrons. The molecule has 0 aromatic heterocycles. The van der Waals surface area contributed by atoms with Crippen molar-refractivity contribution in [3.63, 3.8) is 0 Å². The van der Waals surface area contributed by atoms with Gasteiger partial charge in [0.25, 0.3) is 0 Å². The van der Waals surface area contributed by atoms with Crippen LogP contribution in [0, 0.1) is 10.8 Å². The molecule has 0 spiro atoms. The maximum atomic E-state index is 13.2. The monoisotopic (exact) mass is 618 g/mol. The molecule has 0 saturated carbocycles. The lowest BCUT2D eigenvalue weighted by Gasteiger charge is -2.22. The van der Waals surface area contributed by atoms with Crippen molar-refractivity contribution < 1.29 is 42.3 Å². The molecule has 0 rings (SSSR count). The molecule has 42 heavy (non-hydrogen) atoms. The summed E-state index contributed by atoms with van der Waals surface area (Å²) >= 11 is 0. The summed E-state index contributed by atoms with van der Waals surface area (Å²) < 4.78 is 34.1. The van der Waals surface area contributed by atoms with Crippen molar-refractivity contribution in [3.05, 3.63) is 12.2 Å². The molecule has 0 aliphatic heterocycles. The van der Waals surface area contributed by atoms with Gasteiger partial charge in [0.05, 0.1) is 17.0 Å². The molecule has 0 saturated heterocycles. The fourth-order valence-corrected chi connectivity index (χ4v) is 4.76. The number of carbonyl (C=O) groups is 4. The summed E-state index contributed by atoms with van der Waals surface area (Å²) in [7, 11) is -2.20. The Morgan fingerprint density at radius 1 is 0.643 bits per heavy atom. The molecule has 0 aliphatic rings. The summed E-state index contributed by atoms with van der Waals surface area (Å²) in [6.07, 6.45) is 15.2. The van der Waals surface area contributed by atoms with Gasteiger partial charge in [0.2, 0.25) is 13.6 Å². The van der Waals surface area contributed by atoms with Crippen molar-refractivity contribution in [1.29, 1.82) is 0 Å². The minimum Gasteiger partial charge on any atom is -0.438 e. The molecule has 11 nitrogen and oxygen atoms in total. The number of nitrogens with one attached hydrogen (secondary N) is 2. The summed E-state index contributed by atoms with van der Waals surface area (Å²) in [6, 6.07) is 0. The zero-order chi connectivity index (χ0) is 32.1. The van der Waals surface area contributed by atoms with Crippen LogP contribution < -0.4 is 10.6 Å². The van der Waals surface area contributed by atoms with Gasteiger partial charge in [-0.25, -0.2) is 0 Å². The van der Waals surface area contributed by atoms with Gasteiger partial charge in [0.1, 0.15) is 0 Å². The Kier molecular flexibility index (Phi) is 20.3. The van der Waals surface area contributed by atoms with Crippen molar-refractivity contribution in [2.45, 2.75) is 112 Å². The number of unbranched alkanes of at least 4 members (excludes halogenated alkanes) is 9. The smallest absolute Gasteiger partial charge is 0.336 e. The average Bonchev–Trinajstić information content (AvgIpc) is 2.91. The molecule has 0 atom stereocenters. The van der Waals surface area contributed by atoms with E-state index in [1.807, 2.05) is 0 Å².